The Bertz CT molecular complexity index is 949. The number of para-hydroxylation sites is 3. The highest BCUT2D eigenvalue weighted by molar-refractivity contribution is 6.04. The molecule has 1 fully saturated rings. The summed E-state index contributed by atoms with van der Waals surface area (Å²) < 4.78 is 16.9. The number of ether oxygens (including phenoxy) is 3. The predicted octanol–water partition coefficient (Wildman–Crippen LogP) is 3.17. The lowest BCUT2D eigenvalue weighted by Crippen LogP contribution is -2.38. The Morgan fingerprint density at radius 3 is 2.61 bits per heavy atom. The average Bonchev–Trinajstić information content (AvgIpc) is 2.75. The minimum atomic E-state index is -0.428. The van der Waals surface area contributed by atoms with Crippen molar-refractivity contribution in [2.75, 3.05) is 39.5 Å². The lowest BCUT2D eigenvalue weighted by atomic mass is 10.1. The number of nitrogens with zero attached hydrogens (tertiary/aromatic N) is 2. The number of hydrogen-bond donors (Lipinski definition) is 0. The molecule has 0 amide bonds. The first kappa shape index (κ1) is 18.4. The fraction of sp³-hybridized carbons (Fsp3) is 0.273. The van der Waals surface area contributed by atoms with Crippen LogP contribution in [0.25, 0.3) is 10.9 Å². The highest BCUT2D eigenvalue weighted by atomic mass is 16.6. The standard InChI is InChI=1S/C22H22N2O4/c25-22(18-9-10-23-19-6-2-1-5-17(18)19)28-21-8-4-3-7-20(21)27-16-13-24-11-14-26-15-12-24/h1-10H,11-16H2. The van der Waals surface area contributed by atoms with Gasteiger partial charge < -0.3 is 14.2 Å². The number of hydrogen-bond acceptors (Lipinski definition) is 6. The van der Waals surface area contributed by atoms with E-state index in [0.717, 1.165) is 43.8 Å². The van der Waals surface area contributed by atoms with E-state index in [2.05, 4.69) is 9.88 Å². The van der Waals surface area contributed by atoms with Crippen molar-refractivity contribution < 1.29 is 19.0 Å². The van der Waals surface area contributed by atoms with Gasteiger partial charge in [-0.2, -0.15) is 0 Å². The largest absolute Gasteiger partial charge is 0.488 e. The van der Waals surface area contributed by atoms with Gasteiger partial charge in [-0.05, 0) is 24.3 Å². The van der Waals surface area contributed by atoms with Crippen LogP contribution in [0.4, 0.5) is 0 Å². The molecule has 144 valence electrons. The van der Waals surface area contributed by atoms with Gasteiger partial charge in [-0.25, -0.2) is 4.79 Å². The van der Waals surface area contributed by atoms with Crippen LogP contribution in [0.15, 0.2) is 60.8 Å². The molecule has 0 aliphatic carbocycles. The third-order valence-electron chi connectivity index (χ3n) is 4.69. The number of rotatable bonds is 6. The molecule has 6 heteroatoms. The molecule has 0 radical (unpaired) electrons. The molecule has 2 heterocycles. The van der Waals surface area contributed by atoms with Crippen LogP contribution in [0.2, 0.25) is 0 Å². The van der Waals surface area contributed by atoms with Crippen LogP contribution in [0.3, 0.4) is 0 Å². The minimum absolute atomic E-state index is 0.412. The zero-order chi connectivity index (χ0) is 19.2. The van der Waals surface area contributed by atoms with Crippen molar-refractivity contribution >= 4 is 16.9 Å². The second-order valence-corrected chi connectivity index (χ2v) is 6.51. The summed E-state index contributed by atoms with van der Waals surface area (Å²) in [4.78, 5) is 19.4. The zero-order valence-electron chi connectivity index (χ0n) is 15.5. The molecule has 3 aromatic rings. The first-order valence-corrected chi connectivity index (χ1v) is 9.39. The summed E-state index contributed by atoms with van der Waals surface area (Å²) in [7, 11) is 0. The van der Waals surface area contributed by atoms with Gasteiger partial charge in [0.25, 0.3) is 0 Å². The Labute approximate surface area is 163 Å². The molecule has 1 saturated heterocycles. The van der Waals surface area contributed by atoms with Gasteiger partial charge in [0.1, 0.15) is 6.61 Å². The Morgan fingerprint density at radius 1 is 1.00 bits per heavy atom. The quantitative estimate of drug-likeness (QED) is 0.485. The summed E-state index contributed by atoms with van der Waals surface area (Å²) in [6.07, 6.45) is 1.61. The Kier molecular flexibility index (Phi) is 5.80. The second-order valence-electron chi connectivity index (χ2n) is 6.51. The first-order valence-electron chi connectivity index (χ1n) is 9.39. The maximum atomic E-state index is 12.8. The number of benzene rings is 2. The average molecular weight is 378 g/mol. The van der Waals surface area contributed by atoms with Gasteiger partial charge >= 0.3 is 5.97 Å². The van der Waals surface area contributed by atoms with Gasteiger partial charge in [-0.1, -0.05) is 30.3 Å². The van der Waals surface area contributed by atoms with E-state index in [1.165, 1.54) is 0 Å². The van der Waals surface area contributed by atoms with Crippen LogP contribution in [0, 0.1) is 0 Å². The lowest BCUT2D eigenvalue weighted by molar-refractivity contribution is 0.0320. The van der Waals surface area contributed by atoms with Gasteiger partial charge in [0.2, 0.25) is 0 Å². The third kappa shape index (κ3) is 4.30. The summed E-state index contributed by atoms with van der Waals surface area (Å²) >= 11 is 0. The van der Waals surface area contributed by atoms with Gasteiger partial charge in [0.15, 0.2) is 11.5 Å². The van der Waals surface area contributed by atoms with Gasteiger partial charge in [-0.15, -0.1) is 0 Å². The Hall–Kier alpha value is -2.96. The lowest BCUT2D eigenvalue weighted by Gasteiger charge is -2.26. The molecule has 0 atom stereocenters. The monoisotopic (exact) mass is 378 g/mol. The van der Waals surface area contributed by atoms with E-state index in [0.29, 0.717) is 23.7 Å². The summed E-state index contributed by atoms with van der Waals surface area (Å²) in [6, 6.07) is 16.4. The van der Waals surface area contributed by atoms with E-state index in [9.17, 15) is 4.79 Å². The maximum Gasteiger partial charge on any atom is 0.344 e. The van der Waals surface area contributed by atoms with Gasteiger partial charge in [0.05, 0.1) is 24.3 Å². The van der Waals surface area contributed by atoms with Crippen molar-refractivity contribution in [3.8, 4) is 11.5 Å². The molecule has 4 rings (SSSR count). The number of fused-ring (bicyclic) bond motifs is 1. The van der Waals surface area contributed by atoms with E-state index in [1.807, 2.05) is 42.5 Å². The normalized spacial score (nSPS) is 14.7. The number of carbonyl (C=O) groups excluding carboxylic acids is 1. The molecule has 2 aromatic carbocycles. The number of pyridine rings is 1. The second kappa shape index (κ2) is 8.82. The van der Waals surface area contributed by atoms with Crippen molar-refractivity contribution in [3.05, 3.63) is 66.4 Å². The number of esters is 1. The van der Waals surface area contributed by atoms with Crippen molar-refractivity contribution in [2.45, 2.75) is 0 Å². The summed E-state index contributed by atoms with van der Waals surface area (Å²) in [5.41, 5.74) is 1.24. The number of carbonyl (C=O) groups is 1. The van der Waals surface area contributed by atoms with E-state index >= 15 is 0 Å². The van der Waals surface area contributed by atoms with E-state index in [1.54, 1.807) is 18.3 Å². The number of morpholine rings is 1. The zero-order valence-corrected chi connectivity index (χ0v) is 15.5. The molecule has 28 heavy (non-hydrogen) atoms. The molecule has 0 N–H and O–H groups in total. The smallest absolute Gasteiger partial charge is 0.344 e. The highest BCUT2D eigenvalue weighted by Crippen LogP contribution is 2.28. The van der Waals surface area contributed by atoms with E-state index in [-0.39, 0.29) is 0 Å². The molecule has 1 aromatic heterocycles. The van der Waals surface area contributed by atoms with Crippen molar-refractivity contribution in [1.82, 2.24) is 9.88 Å². The molecule has 1 aliphatic rings. The molecular weight excluding hydrogens is 356 g/mol. The van der Waals surface area contributed by atoms with Crippen LogP contribution < -0.4 is 9.47 Å². The van der Waals surface area contributed by atoms with Crippen LogP contribution in [-0.2, 0) is 4.74 Å². The molecule has 0 spiro atoms. The summed E-state index contributed by atoms with van der Waals surface area (Å²) in [6.45, 7) is 4.67. The fourth-order valence-corrected chi connectivity index (χ4v) is 3.19. The van der Waals surface area contributed by atoms with Gasteiger partial charge in [0, 0.05) is 31.2 Å². The molecular formula is C22H22N2O4. The number of aromatic nitrogens is 1. The van der Waals surface area contributed by atoms with Crippen molar-refractivity contribution in [3.63, 3.8) is 0 Å². The Morgan fingerprint density at radius 2 is 1.75 bits per heavy atom. The third-order valence-corrected chi connectivity index (χ3v) is 4.69. The van der Waals surface area contributed by atoms with Crippen molar-refractivity contribution in [2.24, 2.45) is 0 Å². The topological polar surface area (TPSA) is 60.9 Å². The van der Waals surface area contributed by atoms with E-state index in [4.69, 9.17) is 14.2 Å². The molecule has 0 bridgehead atoms. The SMILES string of the molecule is O=C(Oc1ccccc1OCCN1CCOCC1)c1ccnc2ccccc12. The first-order chi connectivity index (χ1) is 13.8. The van der Waals surface area contributed by atoms with E-state index < -0.39 is 5.97 Å². The molecule has 1 aliphatic heterocycles. The molecule has 0 unspecified atom stereocenters. The van der Waals surface area contributed by atoms with Crippen molar-refractivity contribution in [1.29, 1.82) is 0 Å². The highest BCUT2D eigenvalue weighted by Gasteiger charge is 2.16. The molecule has 6 nitrogen and oxygen atoms in total. The summed E-state index contributed by atoms with van der Waals surface area (Å²) in [5.74, 6) is 0.542. The minimum Gasteiger partial charge on any atom is -0.488 e. The predicted molar refractivity (Wildman–Crippen MR) is 106 cm³/mol. The van der Waals surface area contributed by atoms with Crippen LogP contribution >= 0.6 is 0 Å². The van der Waals surface area contributed by atoms with Crippen LogP contribution in [0.1, 0.15) is 10.4 Å². The Balaban J connectivity index is 1.45. The fourth-order valence-electron chi connectivity index (χ4n) is 3.19. The molecule has 0 saturated carbocycles. The van der Waals surface area contributed by atoms with Crippen LogP contribution in [-0.4, -0.2) is 55.3 Å². The summed E-state index contributed by atoms with van der Waals surface area (Å²) in [5, 5.41) is 0.765. The maximum absolute atomic E-state index is 12.8. The van der Waals surface area contributed by atoms with Crippen LogP contribution in [0.5, 0.6) is 11.5 Å². The van der Waals surface area contributed by atoms with Gasteiger partial charge in [-0.3, -0.25) is 9.88 Å².